The van der Waals surface area contributed by atoms with Crippen LogP contribution in [-0.2, 0) is 12.4 Å². The predicted octanol–water partition coefficient (Wildman–Crippen LogP) is 4.45. The van der Waals surface area contributed by atoms with Crippen molar-refractivity contribution in [3.8, 4) is 23.1 Å². The number of nitriles is 1. The van der Waals surface area contributed by atoms with Gasteiger partial charge < -0.3 is 4.74 Å². The molecule has 0 aliphatic heterocycles. The van der Waals surface area contributed by atoms with E-state index in [0.29, 0.717) is 12.1 Å². The average Bonchev–Trinajstić information content (AvgIpc) is 2.52. The highest BCUT2D eigenvalue weighted by atomic mass is 19.4. The third-order valence-electron chi connectivity index (χ3n) is 3.00. The quantitative estimate of drug-likeness (QED) is 0.758. The summed E-state index contributed by atoms with van der Waals surface area (Å²) < 4.78 is 82.3. The lowest BCUT2D eigenvalue weighted by atomic mass is 10.1. The number of hydrogen-bond acceptors (Lipinski definition) is 4. The van der Waals surface area contributed by atoms with Crippen molar-refractivity contribution >= 4 is 0 Å². The van der Waals surface area contributed by atoms with Crippen molar-refractivity contribution in [2.24, 2.45) is 0 Å². The molecule has 0 saturated heterocycles. The van der Waals surface area contributed by atoms with Crippen molar-refractivity contribution in [2.45, 2.75) is 19.3 Å². The summed E-state index contributed by atoms with van der Waals surface area (Å²) in [5.74, 6) is -1.29. The molecule has 0 unspecified atom stereocenters. The van der Waals surface area contributed by atoms with E-state index in [1.165, 1.54) is 13.0 Å². The third-order valence-corrected chi connectivity index (χ3v) is 3.00. The highest BCUT2D eigenvalue weighted by Crippen LogP contribution is 2.39. The summed E-state index contributed by atoms with van der Waals surface area (Å²) >= 11 is 0. The molecule has 25 heavy (non-hydrogen) atoms. The molecule has 0 amide bonds. The molecular weight excluding hydrogens is 352 g/mol. The number of ether oxygens (including phenoxy) is 1. The highest BCUT2D eigenvalue weighted by Gasteiger charge is 2.36. The van der Waals surface area contributed by atoms with Gasteiger partial charge in [-0.25, -0.2) is 9.97 Å². The lowest BCUT2D eigenvalue weighted by Gasteiger charge is -2.15. The molecule has 0 bridgehead atoms. The molecule has 0 radical (unpaired) electrons. The molecule has 0 N–H and O–H groups in total. The zero-order valence-corrected chi connectivity index (χ0v) is 12.5. The molecule has 0 aliphatic carbocycles. The lowest BCUT2D eigenvalue weighted by Crippen LogP contribution is -2.11. The summed E-state index contributed by atoms with van der Waals surface area (Å²) in [6, 6.07) is 4.51. The highest BCUT2D eigenvalue weighted by molar-refractivity contribution is 5.63. The molecule has 1 heterocycles. The standard InChI is InChI=1S/C15H9F6N3O/c1-2-25-11-5-8(3-4-9(11)14(16,17)18)10-6-12(15(19,20)21)24-13(7-22)23-10/h3-6H,2H2,1H3. The first-order chi connectivity index (χ1) is 11.6. The number of hydrogen-bond donors (Lipinski definition) is 0. The van der Waals surface area contributed by atoms with Gasteiger partial charge in [0, 0.05) is 5.56 Å². The summed E-state index contributed by atoms with van der Waals surface area (Å²) in [6.45, 7) is 1.39. The fourth-order valence-electron chi connectivity index (χ4n) is 1.98. The van der Waals surface area contributed by atoms with Gasteiger partial charge in [0.15, 0.2) is 0 Å². The second kappa shape index (κ2) is 6.58. The van der Waals surface area contributed by atoms with Crippen molar-refractivity contribution in [1.29, 1.82) is 5.26 Å². The van der Waals surface area contributed by atoms with Gasteiger partial charge in [-0.05, 0) is 25.1 Å². The maximum Gasteiger partial charge on any atom is 0.433 e. The number of aromatic nitrogens is 2. The van der Waals surface area contributed by atoms with Gasteiger partial charge in [-0.1, -0.05) is 6.07 Å². The maximum atomic E-state index is 12.9. The van der Waals surface area contributed by atoms with E-state index in [9.17, 15) is 26.3 Å². The van der Waals surface area contributed by atoms with Crippen LogP contribution in [0.2, 0.25) is 0 Å². The monoisotopic (exact) mass is 361 g/mol. The summed E-state index contributed by atoms with van der Waals surface area (Å²) in [7, 11) is 0. The zero-order chi connectivity index (χ0) is 18.8. The topological polar surface area (TPSA) is 58.8 Å². The van der Waals surface area contributed by atoms with Gasteiger partial charge in [0.1, 0.15) is 17.5 Å². The van der Waals surface area contributed by atoms with Crippen LogP contribution in [0, 0.1) is 11.3 Å². The van der Waals surface area contributed by atoms with Crippen LogP contribution < -0.4 is 4.74 Å². The Balaban J connectivity index is 2.63. The van der Waals surface area contributed by atoms with Crippen LogP contribution in [0.1, 0.15) is 24.0 Å². The van der Waals surface area contributed by atoms with Gasteiger partial charge in [0.25, 0.3) is 0 Å². The Bertz CT molecular complexity index is 823. The van der Waals surface area contributed by atoms with Crippen LogP contribution in [0.4, 0.5) is 26.3 Å². The molecule has 1 aromatic carbocycles. The number of benzene rings is 1. The molecule has 0 atom stereocenters. The van der Waals surface area contributed by atoms with Crippen molar-refractivity contribution in [2.75, 3.05) is 6.61 Å². The van der Waals surface area contributed by atoms with Gasteiger partial charge in [-0.2, -0.15) is 31.6 Å². The van der Waals surface area contributed by atoms with E-state index in [0.717, 1.165) is 12.1 Å². The fourth-order valence-corrected chi connectivity index (χ4v) is 1.98. The Labute approximate surface area is 137 Å². The summed E-state index contributed by atoms with van der Waals surface area (Å²) in [5.41, 5.74) is -2.84. The minimum atomic E-state index is -4.84. The molecule has 1 aromatic heterocycles. The Hall–Kier alpha value is -2.83. The molecule has 4 nitrogen and oxygen atoms in total. The fraction of sp³-hybridized carbons (Fsp3) is 0.267. The van der Waals surface area contributed by atoms with Crippen LogP contribution in [-0.4, -0.2) is 16.6 Å². The van der Waals surface area contributed by atoms with E-state index in [1.807, 2.05) is 0 Å². The zero-order valence-electron chi connectivity index (χ0n) is 12.5. The molecule has 0 saturated carbocycles. The van der Waals surface area contributed by atoms with Crippen LogP contribution in [0.5, 0.6) is 5.75 Å². The molecular formula is C15H9F6N3O. The van der Waals surface area contributed by atoms with E-state index < -0.39 is 35.2 Å². The Morgan fingerprint density at radius 3 is 2.24 bits per heavy atom. The van der Waals surface area contributed by atoms with Gasteiger partial charge in [0.2, 0.25) is 5.82 Å². The second-order valence-corrected chi connectivity index (χ2v) is 4.71. The summed E-state index contributed by atoms with van der Waals surface area (Å²) in [4.78, 5) is 6.68. The smallest absolute Gasteiger partial charge is 0.433 e. The minimum Gasteiger partial charge on any atom is -0.493 e. The molecule has 132 valence electrons. The molecule has 0 aliphatic rings. The number of alkyl halides is 6. The van der Waals surface area contributed by atoms with E-state index in [1.54, 1.807) is 0 Å². The second-order valence-electron chi connectivity index (χ2n) is 4.71. The largest absolute Gasteiger partial charge is 0.493 e. The Kier molecular flexibility index (Phi) is 4.87. The maximum absolute atomic E-state index is 12.9. The molecule has 0 spiro atoms. The van der Waals surface area contributed by atoms with Crippen molar-refractivity contribution in [3.63, 3.8) is 0 Å². The first-order valence-corrected chi connectivity index (χ1v) is 6.77. The van der Waals surface area contributed by atoms with Crippen molar-refractivity contribution in [1.82, 2.24) is 9.97 Å². The lowest BCUT2D eigenvalue weighted by molar-refractivity contribution is -0.141. The van der Waals surface area contributed by atoms with Gasteiger partial charge >= 0.3 is 12.4 Å². The van der Waals surface area contributed by atoms with E-state index in [2.05, 4.69) is 9.97 Å². The van der Waals surface area contributed by atoms with Gasteiger partial charge in [-0.15, -0.1) is 0 Å². The Morgan fingerprint density at radius 1 is 1.04 bits per heavy atom. The first kappa shape index (κ1) is 18.5. The minimum absolute atomic E-state index is 0.0687. The number of halogens is 6. The van der Waals surface area contributed by atoms with Crippen LogP contribution in [0.25, 0.3) is 11.3 Å². The van der Waals surface area contributed by atoms with Crippen molar-refractivity contribution < 1.29 is 31.1 Å². The van der Waals surface area contributed by atoms with Gasteiger partial charge in [-0.3, -0.25) is 0 Å². The van der Waals surface area contributed by atoms with Gasteiger partial charge in [0.05, 0.1) is 17.9 Å². The molecule has 0 fully saturated rings. The predicted molar refractivity (Wildman–Crippen MR) is 73.4 cm³/mol. The van der Waals surface area contributed by atoms with Crippen molar-refractivity contribution in [3.05, 3.63) is 41.3 Å². The molecule has 10 heteroatoms. The normalized spacial score (nSPS) is 11.9. The molecule has 2 aromatic rings. The average molecular weight is 361 g/mol. The Morgan fingerprint density at radius 2 is 1.72 bits per heavy atom. The SMILES string of the molecule is CCOc1cc(-c2cc(C(F)(F)F)nc(C#N)n2)ccc1C(F)(F)F. The van der Waals surface area contributed by atoms with Crippen LogP contribution in [0.3, 0.4) is 0 Å². The summed E-state index contributed by atoms with van der Waals surface area (Å²) in [6.07, 6.45) is -9.53. The summed E-state index contributed by atoms with van der Waals surface area (Å²) in [5, 5.41) is 8.77. The number of nitrogens with zero attached hydrogens (tertiary/aromatic N) is 3. The first-order valence-electron chi connectivity index (χ1n) is 6.77. The van der Waals surface area contributed by atoms with E-state index >= 15 is 0 Å². The molecule has 2 rings (SSSR count). The van der Waals surface area contributed by atoms with Crippen LogP contribution in [0.15, 0.2) is 24.3 Å². The van der Waals surface area contributed by atoms with E-state index in [-0.39, 0.29) is 17.9 Å². The van der Waals surface area contributed by atoms with Crippen LogP contribution >= 0.6 is 0 Å². The number of rotatable bonds is 3. The van der Waals surface area contributed by atoms with E-state index in [4.69, 9.17) is 10.00 Å². The third kappa shape index (κ3) is 4.17.